The normalized spacial score (nSPS) is 10.6. The number of carbonyl (C=O) groups excluding carboxylic acids is 1. The van der Waals surface area contributed by atoms with Gasteiger partial charge in [-0.05, 0) is 18.9 Å². The molecule has 18 heavy (non-hydrogen) atoms. The average molecular weight is 259 g/mol. The molecule has 2 aromatic rings. The molecule has 0 saturated carbocycles. The Balaban J connectivity index is 2.15. The van der Waals surface area contributed by atoms with Crippen molar-refractivity contribution in [1.29, 1.82) is 0 Å². The van der Waals surface area contributed by atoms with Crippen LogP contribution in [0.3, 0.4) is 0 Å². The highest BCUT2D eigenvalue weighted by atomic mass is 32.1. The molecular weight excluding hydrogens is 242 g/mol. The molecule has 0 aliphatic heterocycles. The van der Waals surface area contributed by atoms with Crippen LogP contribution in [0.1, 0.15) is 31.5 Å². The fraction of sp³-hybridized carbons (Fsp3) is 0.333. The minimum absolute atomic E-state index is 0.158. The van der Waals surface area contributed by atoms with Crippen LogP contribution in [0.25, 0.3) is 10.6 Å². The maximum atomic E-state index is 11.0. The molecular formula is C15H17NOS. The first-order valence-corrected chi connectivity index (χ1v) is 7.10. The highest BCUT2D eigenvalue weighted by Crippen LogP contribution is 2.24. The zero-order valence-electron chi connectivity index (χ0n) is 10.8. The zero-order valence-corrected chi connectivity index (χ0v) is 11.6. The summed E-state index contributed by atoms with van der Waals surface area (Å²) in [6, 6.07) is 8.54. The Labute approximate surface area is 112 Å². The monoisotopic (exact) mass is 259 g/mol. The van der Waals surface area contributed by atoms with Crippen molar-refractivity contribution < 1.29 is 4.79 Å². The lowest BCUT2D eigenvalue weighted by atomic mass is 10.1. The number of Topliss-reactive ketones (excluding diaryl/α,β-unsaturated/α-hetero) is 1. The minimum atomic E-state index is 0.158. The molecule has 2 rings (SSSR count). The van der Waals surface area contributed by atoms with E-state index < -0.39 is 0 Å². The third-order valence-electron chi connectivity index (χ3n) is 2.72. The van der Waals surface area contributed by atoms with Gasteiger partial charge in [-0.15, -0.1) is 11.3 Å². The number of ketones is 1. The van der Waals surface area contributed by atoms with Crippen LogP contribution >= 0.6 is 11.3 Å². The first-order chi connectivity index (χ1) is 8.69. The molecule has 0 N–H and O–H groups in total. The molecule has 3 heteroatoms. The smallest absolute Gasteiger partial charge is 0.135 e. The average Bonchev–Trinajstić information content (AvgIpc) is 2.78. The van der Waals surface area contributed by atoms with Gasteiger partial charge in [0.2, 0.25) is 0 Å². The molecule has 1 aromatic heterocycles. The fourth-order valence-electron chi connectivity index (χ4n) is 1.88. The van der Waals surface area contributed by atoms with Gasteiger partial charge in [0.05, 0.1) is 5.69 Å². The van der Waals surface area contributed by atoms with E-state index in [2.05, 4.69) is 36.2 Å². The lowest BCUT2D eigenvalue weighted by molar-refractivity contribution is -0.116. The van der Waals surface area contributed by atoms with E-state index in [0.717, 1.165) is 22.7 Å². The number of aromatic nitrogens is 1. The molecule has 0 saturated heterocycles. The van der Waals surface area contributed by atoms with Gasteiger partial charge in [0, 0.05) is 17.4 Å². The molecule has 0 radical (unpaired) electrons. The zero-order chi connectivity index (χ0) is 13.0. The second-order valence-corrected chi connectivity index (χ2v) is 5.33. The molecule has 2 nitrogen and oxygen atoms in total. The second-order valence-electron chi connectivity index (χ2n) is 4.47. The van der Waals surface area contributed by atoms with E-state index in [-0.39, 0.29) is 5.78 Å². The Bertz CT molecular complexity index is 528. The van der Waals surface area contributed by atoms with E-state index in [1.54, 1.807) is 18.3 Å². The predicted molar refractivity (Wildman–Crippen MR) is 75.9 cm³/mol. The quantitative estimate of drug-likeness (QED) is 0.815. The number of aryl methyl sites for hydroxylation is 1. The van der Waals surface area contributed by atoms with Gasteiger partial charge in [0.15, 0.2) is 0 Å². The van der Waals surface area contributed by atoms with E-state index in [1.165, 1.54) is 12.0 Å². The van der Waals surface area contributed by atoms with Crippen LogP contribution in [0.4, 0.5) is 0 Å². The van der Waals surface area contributed by atoms with Gasteiger partial charge in [-0.1, -0.05) is 37.6 Å². The summed E-state index contributed by atoms with van der Waals surface area (Å²) in [5.74, 6) is 0.158. The molecule has 0 bridgehead atoms. The number of nitrogens with zero attached hydrogens (tertiary/aromatic N) is 1. The van der Waals surface area contributed by atoms with Crippen LogP contribution in [-0.4, -0.2) is 10.8 Å². The molecule has 0 spiro atoms. The van der Waals surface area contributed by atoms with E-state index >= 15 is 0 Å². The lowest BCUT2D eigenvalue weighted by Gasteiger charge is -2.00. The van der Waals surface area contributed by atoms with Gasteiger partial charge < -0.3 is 0 Å². The van der Waals surface area contributed by atoms with Gasteiger partial charge in [-0.3, -0.25) is 4.79 Å². The minimum Gasteiger partial charge on any atom is -0.300 e. The van der Waals surface area contributed by atoms with E-state index in [9.17, 15) is 4.79 Å². The number of rotatable bonds is 5. The van der Waals surface area contributed by atoms with Crippen molar-refractivity contribution >= 4 is 17.1 Å². The highest BCUT2D eigenvalue weighted by molar-refractivity contribution is 7.13. The van der Waals surface area contributed by atoms with Crippen LogP contribution < -0.4 is 0 Å². The van der Waals surface area contributed by atoms with Gasteiger partial charge in [0.25, 0.3) is 0 Å². The number of hydrogen-bond donors (Lipinski definition) is 0. The van der Waals surface area contributed by atoms with Crippen molar-refractivity contribution in [2.45, 2.75) is 33.1 Å². The Morgan fingerprint density at radius 2 is 2.00 bits per heavy atom. The van der Waals surface area contributed by atoms with Crippen molar-refractivity contribution in [2.24, 2.45) is 0 Å². The van der Waals surface area contributed by atoms with Crippen LogP contribution in [-0.2, 0) is 17.6 Å². The Kier molecular flexibility index (Phi) is 4.26. The van der Waals surface area contributed by atoms with Crippen molar-refractivity contribution in [2.75, 3.05) is 0 Å². The summed E-state index contributed by atoms with van der Waals surface area (Å²) < 4.78 is 0. The molecule has 0 aliphatic carbocycles. The molecule has 0 aliphatic rings. The van der Waals surface area contributed by atoms with Gasteiger partial charge in [0.1, 0.15) is 10.8 Å². The SMILES string of the molecule is CCCc1ccc(-c2nc(CC(C)=O)cs2)cc1. The lowest BCUT2D eigenvalue weighted by Crippen LogP contribution is -1.96. The number of carbonyl (C=O) groups is 1. The molecule has 0 fully saturated rings. The molecule has 0 atom stereocenters. The van der Waals surface area contributed by atoms with Gasteiger partial charge in [-0.2, -0.15) is 0 Å². The third-order valence-corrected chi connectivity index (χ3v) is 3.66. The van der Waals surface area contributed by atoms with Gasteiger partial charge >= 0.3 is 0 Å². The van der Waals surface area contributed by atoms with Crippen LogP contribution in [0, 0.1) is 0 Å². The van der Waals surface area contributed by atoms with Crippen molar-refractivity contribution in [1.82, 2.24) is 4.98 Å². The maximum Gasteiger partial charge on any atom is 0.135 e. The van der Waals surface area contributed by atoms with Crippen LogP contribution in [0.5, 0.6) is 0 Å². The van der Waals surface area contributed by atoms with Crippen molar-refractivity contribution in [3.63, 3.8) is 0 Å². The van der Waals surface area contributed by atoms with Crippen molar-refractivity contribution in [3.8, 4) is 10.6 Å². The van der Waals surface area contributed by atoms with E-state index in [4.69, 9.17) is 0 Å². The summed E-state index contributed by atoms with van der Waals surface area (Å²) in [5, 5.41) is 2.96. The predicted octanol–water partition coefficient (Wildman–Crippen LogP) is 3.89. The van der Waals surface area contributed by atoms with Crippen molar-refractivity contribution in [3.05, 3.63) is 40.9 Å². The summed E-state index contributed by atoms with van der Waals surface area (Å²) in [6.07, 6.45) is 2.72. The molecule has 1 heterocycles. The maximum absolute atomic E-state index is 11.0. The molecule has 1 aromatic carbocycles. The Morgan fingerprint density at radius 1 is 1.28 bits per heavy atom. The summed E-state index contributed by atoms with van der Waals surface area (Å²) in [6.45, 7) is 3.78. The molecule has 94 valence electrons. The van der Waals surface area contributed by atoms with E-state index in [0.29, 0.717) is 6.42 Å². The fourth-order valence-corrected chi connectivity index (χ4v) is 2.70. The second kappa shape index (κ2) is 5.91. The third kappa shape index (κ3) is 3.26. The van der Waals surface area contributed by atoms with E-state index in [1.807, 2.05) is 5.38 Å². The first-order valence-electron chi connectivity index (χ1n) is 6.22. The largest absolute Gasteiger partial charge is 0.300 e. The standard InChI is InChI=1S/C15H17NOS/c1-3-4-12-5-7-13(8-6-12)15-16-14(10-18-15)9-11(2)17/h5-8,10H,3-4,9H2,1-2H3. The van der Waals surface area contributed by atoms with Gasteiger partial charge in [-0.25, -0.2) is 4.98 Å². The Hall–Kier alpha value is -1.48. The number of hydrogen-bond acceptors (Lipinski definition) is 3. The summed E-state index contributed by atoms with van der Waals surface area (Å²) in [5.41, 5.74) is 3.37. The first kappa shape index (κ1) is 13.0. The highest BCUT2D eigenvalue weighted by Gasteiger charge is 2.06. The van der Waals surface area contributed by atoms with Crippen LogP contribution in [0.2, 0.25) is 0 Å². The summed E-state index contributed by atoms with van der Waals surface area (Å²) in [7, 11) is 0. The summed E-state index contributed by atoms with van der Waals surface area (Å²) >= 11 is 1.60. The molecule has 0 unspecified atom stereocenters. The Morgan fingerprint density at radius 3 is 2.61 bits per heavy atom. The molecule has 0 amide bonds. The summed E-state index contributed by atoms with van der Waals surface area (Å²) in [4.78, 5) is 15.5. The van der Waals surface area contributed by atoms with Crippen LogP contribution in [0.15, 0.2) is 29.6 Å². The topological polar surface area (TPSA) is 30.0 Å². The number of benzene rings is 1. The number of thiazole rings is 1.